The van der Waals surface area contributed by atoms with Crippen molar-refractivity contribution in [3.63, 3.8) is 0 Å². The first kappa shape index (κ1) is 16.8. The molecule has 0 saturated heterocycles. The molecule has 7 nitrogen and oxygen atoms in total. The Labute approximate surface area is 106 Å². The molecular weight excluding hydrogens is 242 g/mol. The number of quaternary nitrogens is 1. The third-order valence-corrected chi connectivity index (χ3v) is 3.38. The SMILES string of the molecule is C[N+](C)(CCCO)C(CCO)(CC(=O)O)C(=O)[O-]. The zero-order valence-corrected chi connectivity index (χ0v) is 10.8. The third kappa shape index (κ3) is 3.66. The minimum atomic E-state index is -1.70. The maximum atomic E-state index is 11.4. The van der Waals surface area contributed by atoms with Crippen LogP contribution in [-0.2, 0) is 9.59 Å². The summed E-state index contributed by atoms with van der Waals surface area (Å²) in [7, 11) is 3.12. The van der Waals surface area contributed by atoms with Crippen molar-refractivity contribution in [3.05, 3.63) is 0 Å². The van der Waals surface area contributed by atoms with E-state index in [4.69, 9.17) is 15.3 Å². The largest absolute Gasteiger partial charge is 0.544 e. The zero-order valence-electron chi connectivity index (χ0n) is 10.8. The normalized spacial score (nSPS) is 15.1. The average Bonchev–Trinajstić information content (AvgIpc) is 2.24. The minimum Gasteiger partial charge on any atom is -0.544 e. The van der Waals surface area contributed by atoms with Crippen molar-refractivity contribution in [1.82, 2.24) is 0 Å². The molecule has 1 unspecified atom stereocenters. The van der Waals surface area contributed by atoms with E-state index in [0.717, 1.165) is 0 Å². The topological polar surface area (TPSA) is 118 Å². The molecule has 18 heavy (non-hydrogen) atoms. The Morgan fingerprint density at radius 1 is 1.22 bits per heavy atom. The molecule has 0 spiro atoms. The van der Waals surface area contributed by atoms with Crippen LogP contribution in [0.2, 0.25) is 0 Å². The predicted octanol–water partition coefficient (Wildman–Crippen LogP) is -2.21. The highest BCUT2D eigenvalue weighted by Gasteiger charge is 2.48. The molecule has 0 saturated carbocycles. The van der Waals surface area contributed by atoms with E-state index >= 15 is 0 Å². The first-order valence-corrected chi connectivity index (χ1v) is 5.71. The summed E-state index contributed by atoms with van der Waals surface area (Å²) in [5, 5.41) is 38.1. The zero-order chi connectivity index (χ0) is 14.4. The monoisotopic (exact) mass is 263 g/mol. The van der Waals surface area contributed by atoms with Crippen LogP contribution in [0.5, 0.6) is 0 Å². The van der Waals surface area contributed by atoms with Crippen LogP contribution in [0, 0.1) is 0 Å². The molecule has 3 N–H and O–H groups in total. The Morgan fingerprint density at radius 3 is 2.11 bits per heavy atom. The van der Waals surface area contributed by atoms with Crippen molar-refractivity contribution in [1.29, 1.82) is 0 Å². The first-order chi connectivity index (χ1) is 8.23. The van der Waals surface area contributed by atoms with Gasteiger partial charge in [0.05, 0.1) is 20.6 Å². The van der Waals surface area contributed by atoms with E-state index in [-0.39, 0.29) is 24.1 Å². The van der Waals surface area contributed by atoms with Crippen LogP contribution in [0.15, 0.2) is 0 Å². The van der Waals surface area contributed by atoms with Gasteiger partial charge in [0.15, 0.2) is 5.54 Å². The number of aliphatic hydroxyl groups excluding tert-OH is 2. The number of carbonyl (C=O) groups is 2. The smallest absolute Gasteiger partial charge is 0.310 e. The van der Waals surface area contributed by atoms with Crippen LogP contribution in [0.3, 0.4) is 0 Å². The third-order valence-electron chi connectivity index (χ3n) is 3.38. The van der Waals surface area contributed by atoms with Gasteiger partial charge in [-0.15, -0.1) is 0 Å². The van der Waals surface area contributed by atoms with Gasteiger partial charge in [0.1, 0.15) is 12.4 Å². The van der Waals surface area contributed by atoms with Gasteiger partial charge in [0, 0.05) is 26.1 Å². The maximum Gasteiger partial charge on any atom is 0.310 e. The molecule has 0 aromatic rings. The van der Waals surface area contributed by atoms with Gasteiger partial charge in [-0.25, -0.2) is 0 Å². The number of likely N-dealkylation sites (N-methyl/N-ethyl adjacent to an activating group) is 1. The molecule has 0 bridgehead atoms. The molecule has 7 heteroatoms. The second kappa shape index (κ2) is 6.67. The van der Waals surface area contributed by atoms with E-state index < -0.39 is 30.5 Å². The van der Waals surface area contributed by atoms with E-state index in [0.29, 0.717) is 6.42 Å². The molecule has 0 aliphatic heterocycles. The van der Waals surface area contributed by atoms with E-state index in [1.165, 1.54) is 0 Å². The first-order valence-electron chi connectivity index (χ1n) is 5.71. The van der Waals surface area contributed by atoms with Gasteiger partial charge in [-0.1, -0.05) is 0 Å². The predicted molar refractivity (Wildman–Crippen MR) is 60.4 cm³/mol. The number of carboxylic acids is 2. The van der Waals surface area contributed by atoms with Gasteiger partial charge in [0.2, 0.25) is 0 Å². The number of carboxylic acid groups (broad SMARTS) is 2. The summed E-state index contributed by atoms with van der Waals surface area (Å²) >= 11 is 0. The van der Waals surface area contributed by atoms with Gasteiger partial charge < -0.3 is 29.7 Å². The fourth-order valence-electron chi connectivity index (χ4n) is 2.14. The number of carbonyl (C=O) groups excluding carboxylic acids is 1. The Kier molecular flexibility index (Phi) is 6.23. The summed E-state index contributed by atoms with van der Waals surface area (Å²) in [6.07, 6.45) is -0.499. The number of nitrogens with zero attached hydrogens (tertiary/aromatic N) is 1. The number of aliphatic carboxylic acids is 2. The summed E-state index contributed by atoms with van der Waals surface area (Å²) in [6.45, 7) is -0.281. The van der Waals surface area contributed by atoms with Crippen LogP contribution in [0.25, 0.3) is 0 Å². The summed E-state index contributed by atoms with van der Waals surface area (Å²) in [4.78, 5) is 22.3. The molecule has 0 aliphatic rings. The van der Waals surface area contributed by atoms with Gasteiger partial charge in [0.25, 0.3) is 0 Å². The molecule has 0 heterocycles. The van der Waals surface area contributed by atoms with Gasteiger partial charge >= 0.3 is 5.97 Å². The number of rotatable bonds is 9. The number of hydrogen-bond acceptors (Lipinski definition) is 5. The fraction of sp³-hybridized carbons (Fsp3) is 0.818. The molecule has 0 aromatic carbocycles. The second-order valence-electron chi connectivity index (χ2n) is 4.85. The summed E-state index contributed by atoms with van der Waals surface area (Å²) < 4.78 is -0.164. The summed E-state index contributed by atoms with van der Waals surface area (Å²) in [5.41, 5.74) is -1.70. The van der Waals surface area contributed by atoms with E-state index in [1.807, 2.05) is 0 Å². The second-order valence-corrected chi connectivity index (χ2v) is 4.85. The highest BCUT2D eigenvalue weighted by Crippen LogP contribution is 2.29. The Hall–Kier alpha value is -1.18. The van der Waals surface area contributed by atoms with Crippen LogP contribution in [0.4, 0.5) is 0 Å². The van der Waals surface area contributed by atoms with E-state index in [2.05, 4.69) is 0 Å². The van der Waals surface area contributed by atoms with Gasteiger partial charge in [-0.2, -0.15) is 0 Å². The standard InChI is InChI=1S/C11H21NO6/c1-12(2,5-3-6-13)11(4-7-14,10(17)18)8-9(15)16/h13-14H,3-8H2,1-2H3,(H-,15,16,17,18). The van der Waals surface area contributed by atoms with Crippen molar-refractivity contribution >= 4 is 11.9 Å². The van der Waals surface area contributed by atoms with Crippen LogP contribution >= 0.6 is 0 Å². The highest BCUT2D eigenvalue weighted by atomic mass is 16.4. The molecule has 0 amide bonds. The lowest BCUT2D eigenvalue weighted by Gasteiger charge is -2.48. The molecule has 0 aliphatic carbocycles. The van der Waals surface area contributed by atoms with Crippen molar-refractivity contribution in [3.8, 4) is 0 Å². The molecule has 0 fully saturated rings. The lowest BCUT2D eigenvalue weighted by molar-refractivity contribution is -0.934. The van der Waals surface area contributed by atoms with E-state index in [9.17, 15) is 14.7 Å². The maximum absolute atomic E-state index is 11.4. The fourth-order valence-corrected chi connectivity index (χ4v) is 2.14. The average molecular weight is 263 g/mol. The van der Waals surface area contributed by atoms with Gasteiger partial charge in [-0.3, -0.25) is 4.79 Å². The lowest BCUT2D eigenvalue weighted by Crippen LogP contribution is -2.69. The molecule has 0 rings (SSSR count). The van der Waals surface area contributed by atoms with Crippen molar-refractivity contribution in [2.24, 2.45) is 0 Å². The molecule has 106 valence electrons. The van der Waals surface area contributed by atoms with Crippen molar-refractivity contribution < 1.29 is 34.5 Å². The quantitative estimate of drug-likeness (QED) is 0.406. The Morgan fingerprint density at radius 2 is 1.78 bits per heavy atom. The molecule has 1 atom stereocenters. The van der Waals surface area contributed by atoms with Crippen LogP contribution < -0.4 is 5.11 Å². The minimum absolute atomic E-state index is 0.114. The summed E-state index contributed by atoms with van der Waals surface area (Å²) in [6, 6.07) is 0. The van der Waals surface area contributed by atoms with E-state index in [1.54, 1.807) is 14.1 Å². The molecule has 0 radical (unpaired) electrons. The Balaban J connectivity index is 5.37. The van der Waals surface area contributed by atoms with Gasteiger partial charge in [-0.05, 0) is 0 Å². The van der Waals surface area contributed by atoms with Crippen LogP contribution in [0.1, 0.15) is 19.3 Å². The molecule has 0 aromatic heterocycles. The molecular formula is C11H21NO6. The highest BCUT2D eigenvalue weighted by molar-refractivity contribution is 5.82. The number of aliphatic hydroxyl groups is 2. The summed E-state index contributed by atoms with van der Waals surface area (Å²) in [5.74, 6) is -2.76. The lowest BCUT2D eigenvalue weighted by atomic mass is 9.87. The van der Waals surface area contributed by atoms with Crippen molar-refractivity contribution in [2.45, 2.75) is 24.8 Å². The Bertz CT molecular complexity index is 304. The van der Waals surface area contributed by atoms with Crippen LogP contribution in [-0.4, -0.2) is 71.1 Å². The number of hydrogen-bond donors (Lipinski definition) is 3. The van der Waals surface area contributed by atoms with Crippen molar-refractivity contribution in [2.75, 3.05) is 33.9 Å².